The number of rotatable bonds is 3. The highest BCUT2D eigenvalue weighted by Gasteiger charge is 2.38. The van der Waals surface area contributed by atoms with Crippen LogP contribution < -0.4 is 10.1 Å². The zero-order valence-corrected chi connectivity index (χ0v) is 13.7. The molecular formula is C18H12F3N3O3. The topological polar surface area (TPSA) is 73.2 Å². The molecule has 1 aliphatic rings. The number of benzene rings is 2. The first kappa shape index (κ1) is 17.1. The van der Waals surface area contributed by atoms with Crippen LogP contribution in [0.3, 0.4) is 0 Å². The van der Waals surface area contributed by atoms with E-state index < -0.39 is 24.3 Å². The molecule has 3 aromatic rings. The maximum Gasteiger partial charge on any atom is 0.449 e. The lowest BCUT2D eigenvalue weighted by Crippen LogP contribution is -2.25. The highest BCUT2D eigenvalue weighted by molar-refractivity contribution is 6.01. The normalized spacial score (nSPS) is 13.8. The van der Waals surface area contributed by atoms with Gasteiger partial charge in [-0.25, -0.2) is 4.98 Å². The summed E-state index contributed by atoms with van der Waals surface area (Å²) in [7, 11) is 0. The quantitative estimate of drug-likeness (QED) is 0.713. The van der Waals surface area contributed by atoms with Crippen molar-refractivity contribution in [2.45, 2.75) is 12.7 Å². The number of para-hydroxylation sites is 2. The smallest absolute Gasteiger partial charge is 0.449 e. The molecule has 0 saturated carbocycles. The third-order valence-corrected chi connectivity index (χ3v) is 4.14. The van der Waals surface area contributed by atoms with Gasteiger partial charge in [0.1, 0.15) is 5.75 Å². The number of ketones is 1. The summed E-state index contributed by atoms with van der Waals surface area (Å²) in [4.78, 5) is 27.7. The lowest BCUT2D eigenvalue weighted by Gasteiger charge is -2.18. The van der Waals surface area contributed by atoms with Crippen LogP contribution in [0, 0.1) is 0 Å². The fraction of sp³-hybridized carbons (Fsp3) is 0.167. The Hall–Kier alpha value is -3.36. The Morgan fingerprint density at radius 1 is 1.22 bits per heavy atom. The van der Waals surface area contributed by atoms with E-state index >= 15 is 0 Å². The second kappa shape index (κ2) is 6.11. The molecule has 0 spiro atoms. The van der Waals surface area contributed by atoms with Crippen LogP contribution in [0.15, 0.2) is 42.5 Å². The predicted molar refractivity (Wildman–Crippen MR) is 89.6 cm³/mol. The minimum Gasteiger partial charge on any atom is -0.482 e. The van der Waals surface area contributed by atoms with Crippen LogP contribution in [0.4, 0.5) is 18.9 Å². The van der Waals surface area contributed by atoms with Crippen LogP contribution >= 0.6 is 0 Å². The first-order chi connectivity index (χ1) is 12.8. The molecule has 1 aliphatic heterocycles. The van der Waals surface area contributed by atoms with Gasteiger partial charge >= 0.3 is 6.18 Å². The SMILES string of the molecule is O=C1COc2ccc(C(=O)Cn3c(C(F)(F)F)nc4ccccc43)cc2N1. The molecule has 0 fully saturated rings. The molecular weight excluding hydrogens is 363 g/mol. The van der Waals surface area contributed by atoms with Gasteiger partial charge in [-0.15, -0.1) is 0 Å². The number of Topliss-reactive ketones (excluding diaryl/α,β-unsaturated/α-hetero) is 1. The van der Waals surface area contributed by atoms with Gasteiger partial charge in [-0.05, 0) is 30.3 Å². The number of alkyl halides is 3. The molecule has 0 unspecified atom stereocenters. The van der Waals surface area contributed by atoms with Gasteiger partial charge < -0.3 is 14.6 Å². The van der Waals surface area contributed by atoms with E-state index in [1.807, 2.05) is 0 Å². The minimum atomic E-state index is -4.70. The Bertz CT molecular complexity index is 1070. The summed E-state index contributed by atoms with van der Waals surface area (Å²) < 4.78 is 46.1. The van der Waals surface area contributed by atoms with Gasteiger partial charge in [-0.3, -0.25) is 9.59 Å². The van der Waals surface area contributed by atoms with Crippen LogP contribution in [0.5, 0.6) is 5.75 Å². The maximum atomic E-state index is 13.3. The monoisotopic (exact) mass is 375 g/mol. The van der Waals surface area contributed by atoms with E-state index in [4.69, 9.17) is 4.74 Å². The number of ether oxygens (including phenoxy) is 1. The Balaban J connectivity index is 1.71. The zero-order valence-electron chi connectivity index (χ0n) is 13.7. The van der Waals surface area contributed by atoms with Crippen molar-refractivity contribution in [2.75, 3.05) is 11.9 Å². The summed E-state index contributed by atoms with van der Waals surface area (Å²) in [5.74, 6) is -1.65. The van der Waals surface area contributed by atoms with Crippen LogP contribution in [-0.4, -0.2) is 27.8 Å². The maximum absolute atomic E-state index is 13.3. The van der Waals surface area contributed by atoms with Gasteiger partial charge in [0.25, 0.3) is 5.91 Å². The van der Waals surface area contributed by atoms with Gasteiger partial charge in [0.2, 0.25) is 5.82 Å². The van der Waals surface area contributed by atoms with Crippen molar-refractivity contribution in [2.24, 2.45) is 0 Å². The van der Waals surface area contributed by atoms with E-state index in [9.17, 15) is 22.8 Å². The first-order valence-electron chi connectivity index (χ1n) is 7.95. The number of carbonyl (C=O) groups excluding carboxylic acids is 2. The number of aromatic nitrogens is 2. The average Bonchev–Trinajstić information content (AvgIpc) is 3.00. The lowest BCUT2D eigenvalue weighted by molar-refractivity contribution is -0.146. The van der Waals surface area contributed by atoms with Crippen LogP contribution in [0.2, 0.25) is 0 Å². The molecule has 0 radical (unpaired) electrons. The number of nitrogens with zero attached hydrogens (tertiary/aromatic N) is 2. The molecule has 0 saturated heterocycles. The number of fused-ring (bicyclic) bond motifs is 2. The second-order valence-corrected chi connectivity index (χ2v) is 5.98. The van der Waals surface area contributed by atoms with Crippen LogP contribution in [0.25, 0.3) is 11.0 Å². The molecule has 2 heterocycles. The predicted octanol–water partition coefficient (Wildman–Crippen LogP) is 3.27. The van der Waals surface area contributed by atoms with Gasteiger partial charge in [0.05, 0.1) is 23.3 Å². The van der Waals surface area contributed by atoms with Crippen molar-refractivity contribution in [1.29, 1.82) is 0 Å². The lowest BCUT2D eigenvalue weighted by atomic mass is 10.1. The average molecular weight is 375 g/mol. The Kier molecular flexibility index (Phi) is 3.87. The Morgan fingerprint density at radius 2 is 2.00 bits per heavy atom. The number of anilines is 1. The zero-order chi connectivity index (χ0) is 19.2. The van der Waals surface area contributed by atoms with Crippen molar-refractivity contribution < 1.29 is 27.5 Å². The number of halogens is 3. The summed E-state index contributed by atoms with van der Waals surface area (Å²) in [6.07, 6.45) is -4.70. The molecule has 2 aromatic carbocycles. The summed E-state index contributed by atoms with van der Waals surface area (Å²) in [5.41, 5.74) is 0.839. The molecule has 6 nitrogen and oxygen atoms in total. The van der Waals surface area contributed by atoms with E-state index in [1.54, 1.807) is 12.1 Å². The summed E-state index contributed by atoms with van der Waals surface area (Å²) in [5, 5.41) is 2.56. The molecule has 1 N–H and O–H groups in total. The number of imidazole rings is 1. The number of hydrogen-bond acceptors (Lipinski definition) is 4. The molecule has 27 heavy (non-hydrogen) atoms. The van der Waals surface area contributed by atoms with Crippen molar-refractivity contribution >= 4 is 28.4 Å². The number of amides is 1. The van der Waals surface area contributed by atoms with E-state index in [0.717, 1.165) is 4.57 Å². The third-order valence-electron chi connectivity index (χ3n) is 4.14. The van der Waals surface area contributed by atoms with Crippen LogP contribution in [0.1, 0.15) is 16.2 Å². The summed E-state index contributed by atoms with van der Waals surface area (Å²) in [6.45, 7) is -0.667. The summed E-state index contributed by atoms with van der Waals surface area (Å²) in [6, 6.07) is 10.4. The van der Waals surface area contributed by atoms with Crippen molar-refractivity contribution in [3.8, 4) is 5.75 Å². The number of hydrogen-bond donors (Lipinski definition) is 1. The van der Waals surface area contributed by atoms with Crippen molar-refractivity contribution in [3.63, 3.8) is 0 Å². The Morgan fingerprint density at radius 3 is 2.78 bits per heavy atom. The van der Waals surface area contributed by atoms with E-state index in [1.165, 1.54) is 30.3 Å². The van der Waals surface area contributed by atoms with Crippen molar-refractivity contribution in [1.82, 2.24) is 9.55 Å². The minimum absolute atomic E-state index is 0.129. The molecule has 4 rings (SSSR count). The second-order valence-electron chi connectivity index (χ2n) is 5.98. The Labute approximate surface area is 150 Å². The molecule has 138 valence electrons. The third kappa shape index (κ3) is 3.12. The van der Waals surface area contributed by atoms with Gasteiger partial charge in [-0.2, -0.15) is 13.2 Å². The van der Waals surface area contributed by atoms with Crippen LogP contribution in [-0.2, 0) is 17.5 Å². The van der Waals surface area contributed by atoms with Gasteiger partial charge in [-0.1, -0.05) is 12.1 Å². The molecule has 0 atom stereocenters. The number of nitrogens with one attached hydrogen (secondary N) is 1. The molecule has 1 amide bonds. The summed E-state index contributed by atoms with van der Waals surface area (Å²) >= 11 is 0. The fourth-order valence-corrected chi connectivity index (χ4v) is 2.94. The highest BCUT2D eigenvalue weighted by Crippen LogP contribution is 2.32. The molecule has 0 aliphatic carbocycles. The van der Waals surface area contributed by atoms with E-state index in [0.29, 0.717) is 11.4 Å². The highest BCUT2D eigenvalue weighted by atomic mass is 19.4. The van der Waals surface area contributed by atoms with Crippen molar-refractivity contribution in [3.05, 3.63) is 53.9 Å². The molecule has 9 heteroatoms. The molecule has 1 aromatic heterocycles. The molecule has 0 bridgehead atoms. The van der Waals surface area contributed by atoms with E-state index in [-0.39, 0.29) is 29.1 Å². The van der Waals surface area contributed by atoms with Gasteiger partial charge in [0.15, 0.2) is 12.4 Å². The fourth-order valence-electron chi connectivity index (χ4n) is 2.94. The van der Waals surface area contributed by atoms with Gasteiger partial charge in [0, 0.05) is 5.56 Å². The standard InChI is InChI=1S/C18H12F3N3O3/c19-18(20,21)17-23-11-3-1-2-4-13(11)24(17)8-14(25)10-5-6-15-12(7-10)22-16(26)9-27-15/h1-7H,8-9H2,(H,22,26). The number of carbonyl (C=O) groups is 2. The van der Waals surface area contributed by atoms with E-state index in [2.05, 4.69) is 10.3 Å². The largest absolute Gasteiger partial charge is 0.482 e. The first-order valence-corrected chi connectivity index (χ1v) is 7.95.